The van der Waals surface area contributed by atoms with Crippen molar-refractivity contribution in [1.29, 1.82) is 0 Å². The van der Waals surface area contributed by atoms with Gasteiger partial charge in [0.05, 0.1) is 5.92 Å². The molecule has 0 saturated heterocycles. The standard InChI is InChI=1S/C11H22N2O4/c1-11(2,3)17-10(16)7(6-12)4-5-8(13)9(14)15/h7-8H,4-6,12-13H2,1-3H3,(H,14,15)/t7?,8-/m0/s1. The molecular weight excluding hydrogens is 224 g/mol. The van der Waals surface area contributed by atoms with E-state index in [9.17, 15) is 9.59 Å². The summed E-state index contributed by atoms with van der Waals surface area (Å²) in [7, 11) is 0. The molecule has 0 radical (unpaired) electrons. The van der Waals surface area contributed by atoms with Crippen molar-refractivity contribution in [2.75, 3.05) is 6.54 Å². The Kier molecular flexibility index (Phi) is 6.12. The van der Waals surface area contributed by atoms with Gasteiger partial charge >= 0.3 is 11.9 Å². The molecule has 0 aromatic rings. The van der Waals surface area contributed by atoms with E-state index in [1.54, 1.807) is 20.8 Å². The van der Waals surface area contributed by atoms with Gasteiger partial charge in [-0.05, 0) is 33.6 Å². The lowest BCUT2D eigenvalue weighted by molar-refractivity contribution is -0.160. The Balaban J connectivity index is 4.24. The van der Waals surface area contributed by atoms with Crippen LogP contribution in [0.5, 0.6) is 0 Å². The van der Waals surface area contributed by atoms with Gasteiger partial charge in [0.15, 0.2) is 0 Å². The first-order valence-corrected chi connectivity index (χ1v) is 5.58. The molecule has 2 atom stereocenters. The summed E-state index contributed by atoms with van der Waals surface area (Å²) in [6, 6.07) is -0.966. The zero-order valence-electron chi connectivity index (χ0n) is 10.6. The van der Waals surface area contributed by atoms with Crippen LogP contribution in [-0.4, -0.2) is 35.2 Å². The van der Waals surface area contributed by atoms with Gasteiger partial charge in [-0.2, -0.15) is 0 Å². The van der Waals surface area contributed by atoms with Gasteiger partial charge in [0.2, 0.25) is 0 Å². The average Bonchev–Trinajstić information content (AvgIpc) is 2.15. The Morgan fingerprint density at radius 3 is 2.18 bits per heavy atom. The summed E-state index contributed by atoms with van der Waals surface area (Å²) in [5, 5.41) is 8.62. The maximum Gasteiger partial charge on any atom is 0.320 e. The zero-order chi connectivity index (χ0) is 13.6. The molecule has 5 N–H and O–H groups in total. The molecule has 0 aliphatic carbocycles. The third-order valence-corrected chi connectivity index (χ3v) is 2.17. The highest BCUT2D eigenvalue weighted by Gasteiger charge is 2.25. The van der Waals surface area contributed by atoms with E-state index in [-0.39, 0.29) is 13.0 Å². The van der Waals surface area contributed by atoms with E-state index in [1.807, 2.05) is 0 Å². The van der Waals surface area contributed by atoms with Crippen LogP contribution in [-0.2, 0) is 14.3 Å². The monoisotopic (exact) mass is 246 g/mol. The number of carbonyl (C=O) groups excluding carboxylic acids is 1. The largest absolute Gasteiger partial charge is 0.480 e. The van der Waals surface area contributed by atoms with Crippen molar-refractivity contribution >= 4 is 11.9 Å². The smallest absolute Gasteiger partial charge is 0.320 e. The van der Waals surface area contributed by atoms with Crippen molar-refractivity contribution in [2.24, 2.45) is 17.4 Å². The normalized spacial score (nSPS) is 15.1. The highest BCUT2D eigenvalue weighted by molar-refractivity contribution is 5.74. The Bertz CT molecular complexity index is 273. The molecule has 0 saturated carbocycles. The van der Waals surface area contributed by atoms with Crippen LogP contribution < -0.4 is 11.5 Å². The molecule has 0 bridgehead atoms. The Morgan fingerprint density at radius 2 is 1.82 bits per heavy atom. The zero-order valence-corrected chi connectivity index (χ0v) is 10.6. The molecule has 0 aliphatic rings. The van der Waals surface area contributed by atoms with Crippen molar-refractivity contribution in [3.63, 3.8) is 0 Å². The number of nitrogens with two attached hydrogens (primary N) is 2. The minimum atomic E-state index is -1.08. The molecule has 100 valence electrons. The summed E-state index contributed by atoms with van der Waals surface area (Å²) in [6.07, 6.45) is 0.523. The highest BCUT2D eigenvalue weighted by Crippen LogP contribution is 2.15. The summed E-state index contributed by atoms with van der Waals surface area (Å²) >= 11 is 0. The molecule has 0 heterocycles. The molecule has 0 aliphatic heterocycles. The third-order valence-electron chi connectivity index (χ3n) is 2.17. The number of hydrogen-bond donors (Lipinski definition) is 3. The van der Waals surface area contributed by atoms with Crippen molar-refractivity contribution in [3.8, 4) is 0 Å². The fourth-order valence-electron chi connectivity index (χ4n) is 1.22. The van der Waals surface area contributed by atoms with Crippen LogP contribution in [0.3, 0.4) is 0 Å². The van der Waals surface area contributed by atoms with Gasteiger partial charge in [0.1, 0.15) is 11.6 Å². The molecule has 0 spiro atoms. The fraction of sp³-hybridized carbons (Fsp3) is 0.818. The Hall–Kier alpha value is -1.14. The summed E-state index contributed by atoms with van der Waals surface area (Å²) in [5.74, 6) is -1.98. The summed E-state index contributed by atoms with van der Waals surface area (Å²) in [5.41, 5.74) is 10.3. The summed E-state index contributed by atoms with van der Waals surface area (Å²) < 4.78 is 5.18. The SMILES string of the molecule is CC(C)(C)OC(=O)C(CN)CC[C@H](N)C(=O)O. The maximum atomic E-state index is 11.7. The van der Waals surface area contributed by atoms with Gasteiger partial charge in [-0.1, -0.05) is 0 Å². The molecule has 0 fully saturated rings. The van der Waals surface area contributed by atoms with Crippen molar-refractivity contribution in [1.82, 2.24) is 0 Å². The van der Waals surface area contributed by atoms with Gasteiger partial charge in [0, 0.05) is 6.54 Å². The van der Waals surface area contributed by atoms with Crippen LogP contribution in [0.15, 0.2) is 0 Å². The van der Waals surface area contributed by atoms with Crippen LogP contribution in [0.2, 0.25) is 0 Å². The van der Waals surface area contributed by atoms with Crippen LogP contribution in [0.1, 0.15) is 33.6 Å². The molecule has 17 heavy (non-hydrogen) atoms. The number of aliphatic carboxylic acids is 1. The lowest BCUT2D eigenvalue weighted by Gasteiger charge is -2.23. The van der Waals surface area contributed by atoms with Gasteiger partial charge in [-0.15, -0.1) is 0 Å². The van der Waals surface area contributed by atoms with E-state index in [1.165, 1.54) is 0 Å². The van der Waals surface area contributed by atoms with E-state index in [0.717, 1.165) is 0 Å². The van der Waals surface area contributed by atoms with Crippen LogP contribution in [0.25, 0.3) is 0 Å². The first kappa shape index (κ1) is 15.9. The minimum Gasteiger partial charge on any atom is -0.480 e. The van der Waals surface area contributed by atoms with E-state index >= 15 is 0 Å². The first-order valence-electron chi connectivity index (χ1n) is 5.58. The number of hydrogen-bond acceptors (Lipinski definition) is 5. The minimum absolute atomic E-state index is 0.126. The van der Waals surface area contributed by atoms with Crippen molar-refractivity contribution in [3.05, 3.63) is 0 Å². The maximum absolute atomic E-state index is 11.7. The molecular formula is C11H22N2O4. The lowest BCUT2D eigenvalue weighted by Crippen LogP contribution is -2.35. The third kappa shape index (κ3) is 6.91. The number of carboxylic acid groups (broad SMARTS) is 1. The number of rotatable bonds is 6. The fourth-order valence-corrected chi connectivity index (χ4v) is 1.22. The van der Waals surface area contributed by atoms with E-state index in [2.05, 4.69) is 0 Å². The second-order valence-corrected chi connectivity index (χ2v) is 4.99. The highest BCUT2D eigenvalue weighted by atomic mass is 16.6. The predicted octanol–water partition coefficient (Wildman–Crippen LogP) is 0.0951. The molecule has 1 unspecified atom stereocenters. The molecule has 0 aromatic heterocycles. The van der Waals surface area contributed by atoms with Crippen LogP contribution in [0, 0.1) is 5.92 Å². The number of ether oxygens (including phenoxy) is 1. The predicted molar refractivity (Wildman–Crippen MR) is 63.2 cm³/mol. The second-order valence-electron chi connectivity index (χ2n) is 4.99. The molecule has 0 aromatic carbocycles. The van der Waals surface area contributed by atoms with Gasteiger partial charge < -0.3 is 21.3 Å². The molecule has 6 heteroatoms. The second kappa shape index (κ2) is 6.56. The lowest BCUT2D eigenvalue weighted by atomic mass is 10.00. The number of esters is 1. The molecule has 0 amide bonds. The molecule has 6 nitrogen and oxygen atoms in total. The Labute approximate surface area is 101 Å². The first-order chi connectivity index (χ1) is 7.67. The van der Waals surface area contributed by atoms with Crippen LogP contribution in [0.4, 0.5) is 0 Å². The topological polar surface area (TPSA) is 116 Å². The van der Waals surface area contributed by atoms with Gasteiger partial charge in [-0.3, -0.25) is 9.59 Å². The van der Waals surface area contributed by atoms with Gasteiger partial charge in [0.25, 0.3) is 0 Å². The van der Waals surface area contributed by atoms with Gasteiger partial charge in [-0.25, -0.2) is 0 Å². The average molecular weight is 246 g/mol. The van der Waals surface area contributed by atoms with E-state index in [0.29, 0.717) is 6.42 Å². The summed E-state index contributed by atoms with van der Waals surface area (Å²) in [6.45, 7) is 5.42. The molecule has 0 rings (SSSR count). The quantitative estimate of drug-likeness (QED) is 0.572. The number of carbonyl (C=O) groups is 2. The van der Waals surface area contributed by atoms with E-state index in [4.69, 9.17) is 21.3 Å². The van der Waals surface area contributed by atoms with Crippen molar-refractivity contribution in [2.45, 2.75) is 45.3 Å². The van der Waals surface area contributed by atoms with E-state index < -0.39 is 29.5 Å². The Morgan fingerprint density at radius 1 is 1.29 bits per heavy atom. The summed E-state index contributed by atoms with van der Waals surface area (Å²) in [4.78, 5) is 22.2. The van der Waals surface area contributed by atoms with Crippen LogP contribution >= 0.6 is 0 Å². The number of carboxylic acids is 1. The van der Waals surface area contributed by atoms with Crippen molar-refractivity contribution < 1.29 is 19.4 Å².